The van der Waals surface area contributed by atoms with Gasteiger partial charge in [0.1, 0.15) is 0 Å². The first-order valence-corrected chi connectivity index (χ1v) is 5.02. The summed E-state index contributed by atoms with van der Waals surface area (Å²) in [5.41, 5.74) is 2.41. The average molecular weight is 244 g/mol. The fourth-order valence-electron chi connectivity index (χ4n) is 1.11. The van der Waals surface area contributed by atoms with E-state index in [4.69, 9.17) is 4.74 Å². The molecule has 1 aromatic rings. The molecule has 1 aromatic carbocycles. The first-order valence-electron chi connectivity index (χ1n) is 4.23. The number of halogens is 1. The minimum absolute atomic E-state index is 0.732. The van der Waals surface area contributed by atoms with Crippen LogP contribution >= 0.6 is 15.9 Å². The molecular weight excluding hydrogens is 230 g/mol. The van der Waals surface area contributed by atoms with Crippen LogP contribution in [0.3, 0.4) is 0 Å². The Morgan fingerprint density at radius 3 is 2.85 bits per heavy atom. The molecular formula is C10H14BrNO. The molecule has 13 heavy (non-hydrogen) atoms. The predicted molar refractivity (Wildman–Crippen MR) is 59.2 cm³/mol. The highest BCUT2D eigenvalue weighted by molar-refractivity contribution is 9.10. The van der Waals surface area contributed by atoms with E-state index in [-0.39, 0.29) is 0 Å². The van der Waals surface area contributed by atoms with Gasteiger partial charge in [0.25, 0.3) is 0 Å². The van der Waals surface area contributed by atoms with Crippen molar-refractivity contribution in [1.82, 2.24) is 0 Å². The van der Waals surface area contributed by atoms with Crippen molar-refractivity contribution in [2.75, 3.05) is 25.6 Å². The van der Waals surface area contributed by atoms with Crippen LogP contribution in [0.1, 0.15) is 5.56 Å². The quantitative estimate of drug-likeness (QED) is 0.822. The summed E-state index contributed by atoms with van der Waals surface area (Å²) in [7, 11) is 1.70. The molecule has 72 valence electrons. The molecule has 0 atom stereocenters. The fourth-order valence-corrected chi connectivity index (χ4v) is 1.59. The molecule has 0 radical (unpaired) electrons. The number of anilines is 1. The molecule has 0 aliphatic heterocycles. The van der Waals surface area contributed by atoms with Crippen LogP contribution in [0.5, 0.6) is 0 Å². The summed E-state index contributed by atoms with van der Waals surface area (Å²) >= 11 is 3.43. The second-order valence-electron chi connectivity index (χ2n) is 2.88. The van der Waals surface area contributed by atoms with E-state index in [1.807, 2.05) is 6.07 Å². The summed E-state index contributed by atoms with van der Waals surface area (Å²) in [4.78, 5) is 0. The van der Waals surface area contributed by atoms with Gasteiger partial charge in [-0.3, -0.25) is 0 Å². The lowest BCUT2D eigenvalue weighted by Gasteiger charge is -2.08. The van der Waals surface area contributed by atoms with Crippen LogP contribution in [0.4, 0.5) is 5.69 Å². The number of hydrogen-bond donors (Lipinski definition) is 1. The maximum Gasteiger partial charge on any atom is 0.0635 e. The summed E-state index contributed by atoms with van der Waals surface area (Å²) in [5, 5.41) is 3.30. The van der Waals surface area contributed by atoms with Crippen LogP contribution in [0, 0.1) is 6.92 Å². The van der Waals surface area contributed by atoms with Crippen LogP contribution in [-0.4, -0.2) is 20.3 Å². The second-order valence-corrected chi connectivity index (χ2v) is 3.79. The number of nitrogens with one attached hydrogen (secondary N) is 1. The number of hydrogen-bond acceptors (Lipinski definition) is 2. The van der Waals surface area contributed by atoms with Crippen molar-refractivity contribution in [1.29, 1.82) is 0 Å². The molecule has 0 amide bonds. The van der Waals surface area contributed by atoms with Gasteiger partial charge in [0.05, 0.1) is 6.61 Å². The average Bonchev–Trinajstić information content (AvgIpc) is 2.09. The Labute approximate surface area is 87.4 Å². The molecule has 0 saturated heterocycles. The lowest BCUT2D eigenvalue weighted by Crippen LogP contribution is -2.08. The highest BCUT2D eigenvalue weighted by Gasteiger charge is 1.96. The van der Waals surface area contributed by atoms with E-state index in [2.05, 4.69) is 40.3 Å². The van der Waals surface area contributed by atoms with Crippen molar-refractivity contribution in [2.45, 2.75) is 6.92 Å². The lowest BCUT2D eigenvalue weighted by molar-refractivity contribution is 0.211. The van der Waals surface area contributed by atoms with Crippen molar-refractivity contribution in [2.24, 2.45) is 0 Å². The second kappa shape index (κ2) is 5.25. The number of aryl methyl sites for hydroxylation is 1. The van der Waals surface area contributed by atoms with Crippen molar-refractivity contribution in [3.05, 3.63) is 28.2 Å². The molecule has 0 heterocycles. The van der Waals surface area contributed by atoms with Gasteiger partial charge in [-0.1, -0.05) is 15.9 Å². The van der Waals surface area contributed by atoms with Gasteiger partial charge in [0, 0.05) is 23.8 Å². The van der Waals surface area contributed by atoms with Gasteiger partial charge in [-0.15, -0.1) is 0 Å². The molecule has 2 nitrogen and oxygen atoms in total. The molecule has 1 rings (SSSR count). The lowest BCUT2D eigenvalue weighted by atomic mass is 10.2. The molecule has 0 aliphatic carbocycles. The van der Waals surface area contributed by atoms with E-state index in [0.717, 1.165) is 17.6 Å². The maximum atomic E-state index is 4.96. The SMILES string of the molecule is COCCNc1ccc(Br)cc1C. The molecule has 0 bridgehead atoms. The predicted octanol–water partition coefficient (Wildman–Crippen LogP) is 2.82. The molecule has 0 aliphatic rings. The first kappa shape index (κ1) is 10.5. The Hall–Kier alpha value is -0.540. The Morgan fingerprint density at radius 1 is 1.46 bits per heavy atom. The Morgan fingerprint density at radius 2 is 2.23 bits per heavy atom. The van der Waals surface area contributed by atoms with E-state index in [1.165, 1.54) is 11.3 Å². The summed E-state index contributed by atoms with van der Waals surface area (Å²) in [6.45, 7) is 3.66. The molecule has 0 saturated carbocycles. The highest BCUT2D eigenvalue weighted by atomic mass is 79.9. The monoisotopic (exact) mass is 243 g/mol. The molecule has 0 aromatic heterocycles. The Balaban J connectivity index is 2.56. The van der Waals surface area contributed by atoms with Crippen LogP contribution in [0.25, 0.3) is 0 Å². The smallest absolute Gasteiger partial charge is 0.0635 e. The summed E-state index contributed by atoms with van der Waals surface area (Å²) < 4.78 is 6.07. The Kier molecular flexibility index (Phi) is 4.25. The van der Waals surface area contributed by atoms with Gasteiger partial charge in [0.15, 0.2) is 0 Å². The molecule has 3 heteroatoms. The number of methoxy groups -OCH3 is 1. The van der Waals surface area contributed by atoms with Gasteiger partial charge in [0.2, 0.25) is 0 Å². The zero-order valence-corrected chi connectivity index (χ0v) is 9.52. The van der Waals surface area contributed by atoms with Crippen LogP contribution in [-0.2, 0) is 4.74 Å². The normalized spacial score (nSPS) is 10.1. The van der Waals surface area contributed by atoms with Gasteiger partial charge in [-0.2, -0.15) is 0 Å². The fraction of sp³-hybridized carbons (Fsp3) is 0.400. The van der Waals surface area contributed by atoms with Crippen molar-refractivity contribution >= 4 is 21.6 Å². The van der Waals surface area contributed by atoms with E-state index in [0.29, 0.717) is 0 Å². The highest BCUT2D eigenvalue weighted by Crippen LogP contribution is 2.19. The third kappa shape index (κ3) is 3.36. The van der Waals surface area contributed by atoms with Crippen molar-refractivity contribution in [3.63, 3.8) is 0 Å². The standard InChI is InChI=1S/C10H14BrNO/c1-8-7-9(11)3-4-10(8)12-5-6-13-2/h3-4,7,12H,5-6H2,1-2H3. The van der Waals surface area contributed by atoms with Crippen LogP contribution < -0.4 is 5.32 Å². The largest absolute Gasteiger partial charge is 0.383 e. The number of ether oxygens (including phenoxy) is 1. The summed E-state index contributed by atoms with van der Waals surface area (Å²) in [6.07, 6.45) is 0. The third-order valence-corrected chi connectivity index (χ3v) is 2.30. The van der Waals surface area contributed by atoms with Crippen LogP contribution in [0.15, 0.2) is 22.7 Å². The van der Waals surface area contributed by atoms with Gasteiger partial charge >= 0.3 is 0 Å². The Bertz CT molecular complexity index is 276. The van der Waals surface area contributed by atoms with Gasteiger partial charge in [-0.05, 0) is 30.7 Å². The zero-order chi connectivity index (χ0) is 9.68. The van der Waals surface area contributed by atoms with Gasteiger partial charge < -0.3 is 10.1 Å². The maximum absolute atomic E-state index is 4.96. The third-order valence-electron chi connectivity index (χ3n) is 1.81. The summed E-state index contributed by atoms with van der Waals surface area (Å²) in [5.74, 6) is 0. The topological polar surface area (TPSA) is 21.3 Å². The van der Waals surface area contributed by atoms with E-state index >= 15 is 0 Å². The number of benzene rings is 1. The number of rotatable bonds is 4. The van der Waals surface area contributed by atoms with E-state index in [9.17, 15) is 0 Å². The molecule has 1 N–H and O–H groups in total. The molecule has 0 unspecified atom stereocenters. The van der Waals surface area contributed by atoms with E-state index < -0.39 is 0 Å². The molecule has 0 spiro atoms. The van der Waals surface area contributed by atoms with Crippen molar-refractivity contribution in [3.8, 4) is 0 Å². The first-order chi connectivity index (χ1) is 6.24. The van der Waals surface area contributed by atoms with E-state index in [1.54, 1.807) is 7.11 Å². The minimum Gasteiger partial charge on any atom is -0.383 e. The molecule has 0 fully saturated rings. The van der Waals surface area contributed by atoms with Gasteiger partial charge in [-0.25, -0.2) is 0 Å². The zero-order valence-electron chi connectivity index (χ0n) is 7.93. The summed E-state index contributed by atoms with van der Waals surface area (Å²) in [6, 6.07) is 6.19. The van der Waals surface area contributed by atoms with Crippen molar-refractivity contribution < 1.29 is 4.74 Å². The minimum atomic E-state index is 0.732. The van der Waals surface area contributed by atoms with Crippen LogP contribution in [0.2, 0.25) is 0 Å².